The summed E-state index contributed by atoms with van der Waals surface area (Å²) in [5, 5.41) is 19.3. The maximum absolute atomic E-state index is 11.7. The molecule has 2 N–H and O–H groups in total. The van der Waals surface area contributed by atoms with Crippen LogP contribution in [0.25, 0.3) is 0 Å². The molecule has 0 radical (unpaired) electrons. The van der Waals surface area contributed by atoms with Gasteiger partial charge >= 0.3 is 11.9 Å². The Bertz CT molecular complexity index is 356. The Labute approximate surface area is 159 Å². The van der Waals surface area contributed by atoms with Crippen LogP contribution in [-0.4, -0.2) is 34.9 Å². The first kappa shape index (κ1) is 24.9. The van der Waals surface area contributed by atoms with Gasteiger partial charge in [0.1, 0.15) is 6.61 Å². The highest BCUT2D eigenvalue weighted by Gasteiger charge is 2.22. The fourth-order valence-electron chi connectivity index (χ4n) is 3.04. The number of aliphatic hydroxyl groups is 1. The SMILES string of the molecule is CCCCCCCCC(=O)OCC(O)CC(CCCCCCC)C(=O)O. The Morgan fingerprint density at radius 1 is 0.846 bits per heavy atom. The molecule has 0 fully saturated rings. The molecule has 0 saturated carbocycles. The molecule has 0 aromatic carbocycles. The lowest BCUT2D eigenvalue weighted by Crippen LogP contribution is -2.25. The number of unbranched alkanes of at least 4 members (excludes halogenated alkanes) is 9. The molecule has 2 unspecified atom stereocenters. The molecule has 5 heteroatoms. The molecule has 0 rings (SSSR count). The van der Waals surface area contributed by atoms with Crippen molar-refractivity contribution in [2.75, 3.05) is 6.61 Å². The van der Waals surface area contributed by atoms with Crippen molar-refractivity contribution in [2.45, 2.75) is 110 Å². The van der Waals surface area contributed by atoms with Crippen molar-refractivity contribution in [2.24, 2.45) is 5.92 Å². The van der Waals surface area contributed by atoms with Crippen LogP contribution in [0.2, 0.25) is 0 Å². The molecule has 0 aliphatic carbocycles. The number of aliphatic carboxylic acids is 1. The zero-order valence-corrected chi connectivity index (χ0v) is 16.9. The van der Waals surface area contributed by atoms with E-state index in [2.05, 4.69) is 13.8 Å². The third-order valence-electron chi connectivity index (χ3n) is 4.73. The van der Waals surface area contributed by atoms with Crippen molar-refractivity contribution in [1.82, 2.24) is 0 Å². The van der Waals surface area contributed by atoms with Gasteiger partial charge in [0.05, 0.1) is 12.0 Å². The summed E-state index contributed by atoms with van der Waals surface area (Å²) in [5.74, 6) is -1.74. The van der Waals surface area contributed by atoms with Crippen molar-refractivity contribution in [3.05, 3.63) is 0 Å². The van der Waals surface area contributed by atoms with E-state index in [0.29, 0.717) is 12.8 Å². The van der Waals surface area contributed by atoms with E-state index in [4.69, 9.17) is 4.74 Å². The maximum Gasteiger partial charge on any atom is 0.306 e. The van der Waals surface area contributed by atoms with Gasteiger partial charge in [-0.1, -0.05) is 78.1 Å². The Morgan fingerprint density at radius 2 is 1.38 bits per heavy atom. The number of hydrogen-bond donors (Lipinski definition) is 2. The number of esters is 1. The van der Waals surface area contributed by atoms with Crippen LogP contribution in [0.3, 0.4) is 0 Å². The number of carbonyl (C=O) groups is 2. The number of carboxylic acids is 1. The minimum absolute atomic E-state index is 0.103. The molecule has 2 atom stereocenters. The zero-order chi connectivity index (χ0) is 19.6. The van der Waals surface area contributed by atoms with E-state index in [1.807, 2.05) is 0 Å². The molecule has 154 valence electrons. The lowest BCUT2D eigenvalue weighted by atomic mass is 9.95. The minimum atomic E-state index is -0.903. The first-order chi connectivity index (χ1) is 12.5. The van der Waals surface area contributed by atoms with Gasteiger partial charge in [-0.2, -0.15) is 0 Å². The molecule has 0 aromatic heterocycles. The molecule has 0 aliphatic rings. The summed E-state index contributed by atoms with van der Waals surface area (Å²) in [6.45, 7) is 4.21. The fourth-order valence-corrected chi connectivity index (χ4v) is 3.04. The van der Waals surface area contributed by atoms with Gasteiger partial charge in [-0.05, 0) is 19.3 Å². The van der Waals surface area contributed by atoms with Crippen LogP contribution in [0.1, 0.15) is 104 Å². The number of hydrogen-bond acceptors (Lipinski definition) is 4. The quantitative estimate of drug-likeness (QED) is 0.258. The van der Waals surface area contributed by atoms with E-state index in [0.717, 1.165) is 44.9 Å². The van der Waals surface area contributed by atoms with Gasteiger partial charge in [0.2, 0.25) is 0 Å². The Hall–Kier alpha value is -1.10. The summed E-state index contributed by atoms with van der Waals surface area (Å²) in [6.07, 6.45) is 12.2. The largest absolute Gasteiger partial charge is 0.481 e. The molecular formula is C21H40O5. The zero-order valence-electron chi connectivity index (χ0n) is 16.9. The Balaban J connectivity index is 3.84. The molecular weight excluding hydrogens is 332 g/mol. The smallest absolute Gasteiger partial charge is 0.306 e. The van der Waals surface area contributed by atoms with E-state index < -0.39 is 18.0 Å². The van der Waals surface area contributed by atoms with Crippen LogP contribution in [0.15, 0.2) is 0 Å². The average Bonchev–Trinajstić information content (AvgIpc) is 2.61. The summed E-state index contributed by atoms with van der Waals surface area (Å²) in [7, 11) is 0. The van der Waals surface area contributed by atoms with Crippen molar-refractivity contribution in [1.29, 1.82) is 0 Å². The molecule has 26 heavy (non-hydrogen) atoms. The summed E-state index contributed by atoms with van der Waals surface area (Å²) in [6, 6.07) is 0. The van der Waals surface area contributed by atoms with Crippen molar-refractivity contribution < 1.29 is 24.5 Å². The van der Waals surface area contributed by atoms with Gasteiger partial charge in [0.15, 0.2) is 0 Å². The van der Waals surface area contributed by atoms with E-state index in [-0.39, 0.29) is 19.0 Å². The molecule has 0 spiro atoms. The molecule has 0 bridgehead atoms. The number of aliphatic hydroxyl groups excluding tert-OH is 1. The van der Waals surface area contributed by atoms with Crippen LogP contribution in [-0.2, 0) is 14.3 Å². The molecule has 0 saturated heterocycles. The number of carboxylic acid groups (broad SMARTS) is 1. The summed E-state index contributed by atoms with van der Waals surface area (Å²) >= 11 is 0. The number of ether oxygens (including phenoxy) is 1. The lowest BCUT2D eigenvalue weighted by Gasteiger charge is -2.17. The number of rotatable bonds is 18. The van der Waals surface area contributed by atoms with Gasteiger partial charge in [-0.15, -0.1) is 0 Å². The van der Waals surface area contributed by atoms with E-state index in [9.17, 15) is 19.8 Å². The third-order valence-corrected chi connectivity index (χ3v) is 4.73. The number of carbonyl (C=O) groups excluding carboxylic acids is 1. The average molecular weight is 373 g/mol. The molecule has 0 amide bonds. The predicted molar refractivity (Wildman–Crippen MR) is 104 cm³/mol. The second-order valence-electron chi connectivity index (χ2n) is 7.33. The standard InChI is InChI=1S/C21H40O5/c1-3-5-7-9-11-13-15-20(23)26-17-19(22)16-18(21(24)25)14-12-10-8-6-4-2/h18-19,22H,3-17H2,1-2H3,(H,24,25). The van der Waals surface area contributed by atoms with E-state index in [1.165, 1.54) is 25.7 Å². The fraction of sp³-hybridized carbons (Fsp3) is 0.905. The topological polar surface area (TPSA) is 83.8 Å². The maximum atomic E-state index is 11.7. The minimum Gasteiger partial charge on any atom is -0.481 e. The highest BCUT2D eigenvalue weighted by molar-refractivity contribution is 5.70. The van der Waals surface area contributed by atoms with Gasteiger partial charge in [0.25, 0.3) is 0 Å². The van der Waals surface area contributed by atoms with E-state index in [1.54, 1.807) is 0 Å². The van der Waals surface area contributed by atoms with Crippen molar-refractivity contribution in [3.63, 3.8) is 0 Å². The van der Waals surface area contributed by atoms with Crippen molar-refractivity contribution in [3.8, 4) is 0 Å². The summed E-state index contributed by atoms with van der Waals surface area (Å²) in [4.78, 5) is 23.0. The monoisotopic (exact) mass is 372 g/mol. The molecule has 0 aliphatic heterocycles. The highest BCUT2D eigenvalue weighted by Crippen LogP contribution is 2.18. The second kappa shape index (κ2) is 17.3. The normalized spacial score (nSPS) is 13.3. The Kier molecular flexibility index (Phi) is 16.6. The summed E-state index contributed by atoms with van der Waals surface area (Å²) in [5.41, 5.74) is 0. The predicted octanol–water partition coefficient (Wildman–Crippen LogP) is 5.09. The highest BCUT2D eigenvalue weighted by atomic mass is 16.5. The molecule has 5 nitrogen and oxygen atoms in total. The van der Waals surface area contributed by atoms with Crippen LogP contribution >= 0.6 is 0 Å². The molecule has 0 aromatic rings. The van der Waals surface area contributed by atoms with Gasteiger partial charge in [-0.25, -0.2) is 0 Å². The van der Waals surface area contributed by atoms with E-state index >= 15 is 0 Å². The van der Waals surface area contributed by atoms with Crippen molar-refractivity contribution >= 4 is 11.9 Å². The Morgan fingerprint density at radius 3 is 1.96 bits per heavy atom. The van der Waals surface area contributed by atoms with Crippen LogP contribution in [0.5, 0.6) is 0 Å². The van der Waals surface area contributed by atoms with Crippen LogP contribution in [0, 0.1) is 5.92 Å². The van der Waals surface area contributed by atoms with Crippen LogP contribution in [0.4, 0.5) is 0 Å². The lowest BCUT2D eigenvalue weighted by molar-refractivity contribution is -0.148. The first-order valence-electron chi connectivity index (χ1n) is 10.6. The third kappa shape index (κ3) is 15.2. The first-order valence-corrected chi connectivity index (χ1v) is 10.6. The summed E-state index contributed by atoms with van der Waals surface area (Å²) < 4.78 is 5.09. The molecule has 0 heterocycles. The second-order valence-corrected chi connectivity index (χ2v) is 7.33. The van der Waals surface area contributed by atoms with Crippen LogP contribution < -0.4 is 0 Å². The van der Waals surface area contributed by atoms with Gasteiger partial charge in [-0.3, -0.25) is 9.59 Å². The van der Waals surface area contributed by atoms with Gasteiger partial charge in [0, 0.05) is 6.42 Å². The van der Waals surface area contributed by atoms with Gasteiger partial charge < -0.3 is 14.9 Å².